The van der Waals surface area contributed by atoms with Gasteiger partial charge in [-0.3, -0.25) is 0 Å². The van der Waals surface area contributed by atoms with E-state index in [1.165, 1.54) is 44.3 Å². The summed E-state index contributed by atoms with van der Waals surface area (Å²) in [7, 11) is 0. The second-order valence-electron chi connectivity index (χ2n) is 6.11. The van der Waals surface area contributed by atoms with Gasteiger partial charge in [0.25, 0.3) is 0 Å². The first-order chi connectivity index (χ1) is 7.68. The Balaban J connectivity index is 1.92. The van der Waals surface area contributed by atoms with Gasteiger partial charge in [-0.2, -0.15) is 0 Å². The van der Waals surface area contributed by atoms with E-state index in [1.54, 1.807) is 0 Å². The third-order valence-electron chi connectivity index (χ3n) is 4.36. The predicted octanol–water partition coefficient (Wildman–Crippen LogP) is 3.30. The fourth-order valence-electron chi connectivity index (χ4n) is 3.11. The monoisotopic (exact) mass is 219 g/mol. The van der Waals surface area contributed by atoms with Crippen LogP contribution in [0.15, 0.2) is 6.33 Å². The van der Waals surface area contributed by atoms with Gasteiger partial charge in [0.05, 0.1) is 0 Å². The molecule has 0 aromatic carbocycles. The fourth-order valence-corrected chi connectivity index (χ4v) is 3.11. The van der Waals surface area contributed by atoms with Crippen molar-refractivity contribution in [1.29, 1.82) is 0 Å². The van der Waals surface area contributed by atoms with Crippen LogP contribution in [0.25, 0.3) is 0 Å². The molecule has 2 aliphatic carbocycles. The second kappa shape index (κ2) is 3.57. The molecule has 0 amide bonds. The van der Waals surface area contributed by atoms with Crippen molar-refractivity contribution >= 4 is 0 Å². The lowest BCUT2D eigenvalue weighted by Crippen LogP contribution is -2.28. The predicted molar refractivity (Wildman–Crippen MR) is 63.3 cm³/mol. The summed E-state index contributed by atoms with van der Waals surface area (Å²) in [5, 5.41) is 8.55. The van der Waals surface area contributed by atoms with Crippen molar-refractivity contribution in [2.45, 2.75) is 64.3 Å². The first-order valence-corrected chi connectivity index (χ1v) is 6.58. The quantitative estimate of drug-likeness (QED) is 0.764. The lowest BCUT2D eigenvalue weighted by atomic mass is 9.68. The van der Waals surface area contributed by atoms with Crippen molar-refractivity contribution in [1.82, 2.24) is 14.8 Å². The summed E-state index contributed by atoms with van der Waals surface area (Å²) in [6, 6.07) is 0.711. The highest BCUT2D eigenvalue weighted by Crippen LogP contribution is 2.47. The lowest BCUT2D eigenvalue weighted by molar-refractivity contribution is 0.188. The summed E-state index contributed by atoms with van der Waals surface area (Å²) >= 11 is 0. The molecule has 16 heavy (non-hydrogen) atoms. The van der Waals surface area contributed by atoms with Crippen LogP contribution in [-0.4, -0.2) is 14.8 Å². The van der Waals surface area contributed by atoms with Crippen molar-refractivity contribution in [3.63, 3.8) is 0 Å². The van der Waals surface area contributed by atoms with Gasteiger partial charge in [0.15, 0.2) is 0 Å². The summed E-state index contributed by atoms with van der Waals surface area (Å²) in [4.78, 5) is 0. The Labute approximate surface area is 97.3 Å². The minimum absolute atomic E-state index is 0.401. The van der Waals surface area contributed by atoms with Crippen LogP contribution in [0.4, 0.5) is 0 Å². The average molecular weight is 219 g/mol. The van der Waals surface area contributed by atoms with Crippen LogP contribution in [0.5, 0.6) is 0 Å². The highest BCUT2D eigenvalue weighted by atomic mass is 15.3. The SMILES string of the molecule is CC1(C)CCCCC1c1nncn1C1CC1. The normalized spacial score (nSPS) is 29.2. The molecule has 1 atom stereocenters. The third-order valence-corrected chi connectivity index (χ3v) is 4.36. The van der Waals surface area contributed by atoms with Crippen LogP contribution >= 0.6 is 0 Å². The van der Waals surface area contributed by atoms with Crippen LogP contribution in [-0.2, 0) is 0 Å². The first-order valence-electron chi connectivity index (χ1n) is 6.58. The van der Waals surface area contributed by atoms with Gasteiger partial charge in [-0.15, -0.1) is 10.2 Å². The molecule has 0 spiro atoms. The molecule has 1 aromatic heterocycles. The summed E-state index contributed by atoms with van der Waals surface area (Å²) in [6.07, 6.45) is 9.92. The first kappa shape index (κ1) is 10.3. The summed E-state index contributed by atoms with van der Waals surface area (Å²) < 4.78 is 2.34. The van der Waals surface area contributed by atoms with Crippen LogP contribution in [0.3, 0.4) is 0 Å². The maximum absolute atomic E-state index is 4.41. The standard InChI is InChI=1S/C13H21N3/c1-13(2)8-4-3-5-11(13)12-15-14-9-16(12)10-6-7-10/h9-11H,3-8H2,1-2H3. The Bertz CT molecular complexity index is 376. The van der Waals surface area contributed by atoms with E-state index in [2.05, 4.69) is 28.6 Å². The van der Waals surface area contributed by atoms with Gasteiger partial charge in [0.2, 0.25) is 0 Å². The Kier molecular flexibility index (Phi) is 2.30. The minimum Gasteiger partial charge on any atom is -0.314 e. The molecule has 1 heterocycles. The van der Waals surface area contributed by atoms with E-state index >= 15 is 0 Å². The van der Waals surface area contributed by atoms with Crippen molar-refractivity contribution < 1.29 is 0 Å². The van der Waals surface area contributed by atoms with Gasteiger partial charge >= 0.3 is 0 Å². The zero-order valence-corrected chi connectivity index (χ0v) is 10.3. The summed E-state index contributed by atoms with van der Waals surface area (Å²) in [5.74, 6) is 1.87. The highest BCUT2D eigenvalue weighted by Gasteiger charge is 2.38. The van der Waals surface area contributed by atoms with Crippen LogP contribution in [0.2, 0.25) is 0 Å². The van der Waals surface area contributed by atoms with E-state index in [9.17, 15) is 0 Å². The molecule has 0 saturated heterocycles. The number of hydrogen-bond acceptors (Lipinski definition) is 2. The molecule has 0 aliphatic heterocycles. The van der Waals surface area contributed by atoms with E-state index in [-0.39, 0.29) is 0 Å². The molecule has 3 nitrogen and oxygen atoms in total. The molecule has 0 radical (unpaired) electrons. The van der Waals surface area contributed by atoms with Crippen LogP contribution < -0.4 is 0 Å². The molecule has 0 bridgehead atoms. The zero-order valence-electron chi connectivity index (χ0n) is 10.3. The molecule has 88 valence electrons. The van der Waals surface area contributed by atoms with Crippen molar-refractivity contribution in [3.8, 4) is 0 Å². The van der Waals surface area contributed by atoms with E-state index in [0.717, 1.165) is 0 Å². The average Bonchev–Trinajstić information content (AvgIpc) is 2.97. The van der Waals surface area contributed by atoms with Gasteiger partial charge in [0.1, 0.15) is 12.2 Å². The molecule has 2 saturated carbocycles. The molecular weight excluding hydrogens is 198 g/mol. The molecule has 2 aliphatic rings. The van der Waals surface area contributed by atoms with E-state index in [0.29, 0.717) is 17.4 Å². The van der Waals surface area contributed by atoms with Crippen molar-refractivity contribution in [3.05, 3.63) is 12.2 Å². The lowest BCUT2D eigenvalue weighted by Gasteiger charge is -2.38. The van der Waals surface area contributed by atoms with Crippen LogP contribution in [0.1, 0.15) is 70.2 Å². The van der Waals surface area contributed by atoms with Crippen LogP contribution in [0, 0.1) is 5.41 Å². The largest absolute Gasteiger partial charge is 0.314 e. The van der Waals surface area contributed by atoms with Gasteiger partial charge in [-0.25, -0.2) is 0 Å². The number of nitrogens with zero attached hydrogens (tertiary/aromatic N) is 3. The summed E-state index contributed by atoms with van der Waals surface area (Å²) in [5.41, 5.74) is 0.401. The minimum atomic E-state index is 0.401. The van der Waals surface area contributed by atoms with Gasteiger partial charge in [-0.05, 0) is 31.1 Å². The molecule has 2 fully saturated rings. The number of hydrogen-bond donors (Lipinski definition) is 0. The van der Waals surface area contributed by atoms with E-state index in [4.69, 9.17) is 0 Å². The van der Waals surface area contributed by atoms with Gasteiger partial charge in [0, 0.05) is 12.0 Å². The van der Waals surface area contributed by atoms with E-state index < -0.39 is 0 Å². The number of aromatic nitrogens is 3. The third kappa shape index (κ3) is 1.66. The zero-order chi connectivity index (χ0) is 11.2. The van der Waals surface area contributed by atoms with Crippen molar-refractivity contribution in [2.75, 3.05) is 0 Å². The molecule has 3 rings (SSSR count). The molecule has 0 N–H and O–H groups in total. The topological polar surface area (TPSA) is 30.7 Å². The number of rotatable bonds is 2. The Morgan fingerprint density at radius 1 is 1.25 bits per heavy atom. The maximum atomic E-state index is 4.41. The van der Waals surface area contributed by atoms with E-state index in [1.807, 2.05) is 6.33 Å². The van der Waals surface area contributed by atoms with Crippen molar-refractivity contribution in [2.24, 2.45) is 5.41 Å². The highest BCUT2D eigenvalue weighted by molar-refractivity contribution is 5.07. The Morgan fingerprint density at radius 2 is 2.06 bits per heavy atom. The van der Waals surface area contributed by atoms with Gasteiger partial charge < -0.3 is 4.57 Å². The summed E-state index contributed by atoms with van der Waals surface area (Å²) in [6.45, 7) is 4.78. The Hall–Kier alpha value is -0.860. The van der Waals surface area contributed by atoms with Gasteiger partial charge in [-0.1, -0.05) is 26.7 Å². The Morgan fingerprint density at radius 3 is 2.75 bits per heavy atom. The molecule has 1 unspecified atom stereocenters. The molecular formula is C13H21N3. The molecule has 3 heteroatoms. The smallest absolute Gasteiger partial charge is 0.136 e. The maximum Gasteiger partial charge on any atom is 0.136 e. The second-order valence-corrected chi connectivity index (χ2v) is 6.11. The fraction of sp³-hybridized carbons (Fsp3) is 0.846. The molecule has 1 aromatic rings.